The average Bonchev–Trinajstić information content (AvgIpc) is 2.70. The summed E-state index contributed by atoms with van der Waals surface area (Å²) < 4.78 is 5.55. The minimum Gasteiger partial charge on any atom is -0.381 e. The van der Waals surface area contributed by atoms with Gasteiger partial charge in [0.2, 0.25) is 0 Å². The van der Waals surface area contributed by atoms with Gasteiger partial charge in [0.15, 0.2) is 5.96 Å². The lowest BCUT2D eigenvalue weighted by molar-refractivity contribution is 0.0773. The van der Waals surface area contributed by atoms with E-state index in [0.29, 0.717) is 6.54 Å². The largest absolute Gasteiger partial charge is 0.381 e. The van der Waals surface area contributed by atoms with Crippen molar-refractivity contribution in [3.63, 3.8) is 0 Å². The number of guanidine groups is 1. The number of ether oxygens (including phenoxy) is 1. The van der Waals surface area contributed by atoms with Gasteiger partial charge in [0.1, 0.15) is 0 Å². The molecule has 0 spiro atoms. The molecule has 2 N–H and O–H groups in total. The van der Waals surface area contributed by atoms with Crippen LogP contribution in [-0.4, -0.2) is 56.7 Å². The summed E-state index contributed by atoms with van der Waals surface area (Å²) in [7, 11) is 1.76. The molecule has 0 fully saturated rings. The number of rotatable bonds is 12. The summed E-state index contributed by atoms with van der Waals surface area (Å²) in [5.74, 6) is 0.852. The Bertz CT molecular complexity index is 560. The van der Waals surface area contributed by atoms with Gasteiger partial charge < -0.3 is 20.3 Å². The Labute approximate surface area is 187 Å². The van der Waals surface area contributed by atoms with E-state index in [1.54, 1.807) is 7.05 Å². The molecule has 0 aromatic heterocycles. The fourth-order valence-corrected chi connectivity index (χ4v) is 2.59. The lowest BCUT2D eigenvalue weighted by Crippen LogP contribution is -2.37. The quantitative estimate of drug-likeness (QED) is 0.197. The lowest BCUT2D eigenvalue weighted by atomic mass is 10.1. The molecular formula is C21H37IN4O2. The van der Waals surface area contributed by atoms with E-state index < -0.39 is 0 Å². The van der Waals surface area contributed by atoms with Crippen LogP contribution in [0.1, 0.15) is 56.0 Å². The smallest absolute Gasteiger partial charge is 0.253 e. The Morgan fingerprint density at radius 1 is 1.04 bits per heavy atom. The molecule has 0 radical (unpaired) electrons. The van der Waals surface area contributed by atoms with Gasteiger partial charge in [-0.3, -0.25) is 9.79 Å². The lowest BCUT2D eigenvalue weighted by Gasteiger charge is -2.18. The monoisotopic (exact) mass is 504 g/mol. The molecule has 0 heterocycles. The highest BCUT2D eigenvalue weighted by atomic mass is 127. The van der Waals surface area contributed by atoms with E-state index in [0.717, 1.165) is 62.8 Å². The number of nitrogens with one attached hydrogen (secondary N) is 2. The van der Waals surface area contributed by atoms with E-state index in [2.05, 4.69) is 22.5 Å². The van der Waals surface area contributed by atoms with Gasteiger partial charge in [0, 0.05) is 52.0 Å². The summed E-state index contributed by atoms with van der Waals surface area (Å²) in [6.07, 6.45) is 3.24. The molecule has 0 bridgehead atoms. The highest BCUT2D eigenvalue weighted by Crippen LogP contribution is 2.08. The van der Waals surface area contributed by atoms with E-state index in [-0.39, 0.29) is 29.9 Å². The number of benzene rings is 1. The first-order valence-electron chi connectivity index (χ1n) is 10.1. The molecule has 1 aromatic rings. The van der Waals surface area contributed by atoms with Crippen molar-refractivity contribution >= 4 is 35.8 Å². The topological polar surface area (TPSA) is 66.0 Å². The van der Waals surface area contributed by atoms with Crippen LogP contribution in [0.5, 0.6) is 0 Å². The number of amides is 1. The number of hydrogen-bond acceptors (Lipinski definition) is 3. The molecule has 0 aliphatic heterocycles. The second-order valence-electron chi connectivity index (χ2n) is 6.35. The van der Waals surface area contributed by atoms with Gasteiger partial charge in [-0.15, -0.1) is 24.0 Å². The van der Waals surface area contributed by atoms with Crippen molar-refractivity contribution in [3.8, 4) is 0 Å². The van der Waals surface area contributed by atoms with Gasteiger partial charge >= 0.3 is 0 Å². The van der Waals surface area contributed by atoms with Crippen LogP contribution in [0.4, 0.5) is 0 Å². The summed E-state index contributed by atoms with van der Waals surface area (Å²) in [4.78, 5) is 18.4. The molecule has 0 aliphatic rings. The molecule has 0 saturated heterocycles. The van der Waals surface area contributed by atoms with Gasteiger partial charge in [0.25, 0.3) is 5.91 Å². The Morgan fingerprint density at radius 2 is 1.68 bits per heavy atom. The van der Waals surface area contributed by atoms with Crippen LogP contribution in [0.2, 0.25) is 0 Å². The van der Waals surface area contributed by atoms with Gasteiger partial charge in [-0.1, -0.05) is 25.5 Å². The van der Waals surface area contributed by atoms with Crippen LogP contribution in [-0.2, 0) is 11.3 Å². The predicted molar refractivity (Wildman–Crippen MR) is 128 cm³/mol. The van der Waals surface area contributed by atoms with Gasteiger partial charge in [-0.25, -0.2) is 0 Å². The molecule has 0 aliphatic carbocycles. The Morgan fingerprint density at radius 3 is 2.25 bits per heavy atom. The number of hydrogen-bond donors (Lipinski definition) is 2. The molecular weight excluding hydrogens is 467 g/mol. The third kappa shape index (κ3) is 10.3. The van der Waals surface area contributed by atoms with Crippen LogP contribution in [0, 0.1) is 0 Å². The average molecular weight is 504 g/mol. The van der Waals surface area contributed by atoms with Crippen molar-refractivity contribution in [1.29, 1.82) is 0 Å². The van der Waals surface area contributed by atoms with Crippen molar-refractivity contribution in [2.24, 2.45) is 4.99 Å². The number of aliphatic imine (C=N–C) groups is 1. The van der Waals surface area contributed by atoms with Crippen molar-refractivity contribution in [2.75, 3.05) is 39.9 Å². The van der Waals surface area contributed by atoms with Crippen LogP contribution < -0.4 is 10.6 Å². The van der Waals surface area contributed by atoms with Crippen molar-refractivity contribution in [2.45, 2.75) is 46.6 Å². The van der Waals surface area contributed by atoms with Gasteiger partial charge in [-0.2, -0.15) is 0 Å². The predicted octanol–water partition coefficient (Wildman–Crippen LogP) is 3.66. The fraction of sp³-hybridized carbons (Fsp3) is 0.619. The third-order valence-electron chi connectivity index (χ3n) is 4.34. The van der Waals surface area contributed by atoms with Crippen LogP contribution in [0.3, 0.4) is 0 Å². The zero-order valence-corrected chi connectivity index (χ0v) is 20.1. The summed E-state index contributed by atoms with van der Waals surface area (Å²) in [5.41, 5.74) is 1.84. The summed E-state index contributed by atoms with van der Waals surface area (Å²) in [6, 6.07) is 7.75. The van der Waals surface area contributed by atoms with Crippen molar-refractivity contribution in [1.82, 2.24) is 15.5 Å². The number of nitrogens with zero attached hydrogens (tertiary/aromatic N) is 2. The first-order valence-corrected chi connectivity index (χ1v) is 10.1. The van der Waals surface area contributed by atoms with E-state index >= 15 is 0 Å². The maximum Gasteiger partial charge on any atom is 0.253 e. The number of carbonyl (C=O) groups excluding carboxylic acids is 1. The molecule has 28 heavy (non-hydrogen) atoms. The first kappa shape index (κ1) is 26.6. The SMILES string of the molecule is CCCCOCCCNC(=NC)NCc1ccc(C(=O)N(CC)CC)cc1.I. The maximum absolute atomic E-state index is 12.3. The minimum atomic E-state index is 0. The Balaban J connectivity index is 0.00000729. The van der Waals surface area contributed by atoms with Gasteiger partial charge in [-0.05, 0) is 44.4 Å². The summed E-state index contributed by atoms with van der Waals surface area (Å²) >= 11 is 0. The molecule has 1 rings (SSSR count). The summed E-state index contributed by atoms with van der Waals surface area (Å²) in [6.45, 7) is 10.7. The zero-order valence-electron chi connectivity index (χ0n) is 17.8. The number of carbonyl (C=O) groups is 1. The number of halogens is 1. The molecule has 1 aromatic carbocycles. The maximum atomic E-state index is 12.3. The highest BCUT2D eigenvalue weighted by Gasteiger charge is 2.11. The standard InChI is InChI=1S/C21H36N4O2.HI/c1-5-8-15-27-16-9-14-23-21(22-4)24-17-18-10-12-19(13-11-18)20(26)25(6-2)7-3;/h10-13H,5-9,14-17H2,1-4H3,(H2,22,23,24);1H. The molecule has 160 valence electrons. The second kappa shape index (κ2) is 16.6. The second-order valence-corrected chi connectivity index (χ2v) is 6.35. The molecule has 0 saturated carbocycles. The van der Waals surface area contributed by atoms with Crippen LogP contribution in [0.25, 0.3) is 0 Å². The fourth-order valence-electron chi connectivity index (χ4n) is 2.59. The molecule has 7 heteroatoms. The zero-order chi connectivity index (χ0) is 19.9. The Hall–Kier alpha value is -1.35. The third-order valence-corrected chi connectivity index (χ3v) is 4.34. The molecule has 0 atom stereocenters. The van der Waals surface area contributed by atoms with E-state index in [1.165, 1.54) is 6.42 Å². The van der Waals surface area contributed by atoms with E-state index in [9.17, 15) is 4.79 Å². The van der Waals surface area contributed by atoms with Crippen molar-refractivity contribution in [3.05, 3.63) is 35.4 Å². The van der Waals surface area contributed by atoms with Gasteiger partial charge in [0.05, 0.1) is 0 Å². The van der Waals surface area contributed by atoms with Crippen LogP contribution in [0.15, 0.2) is 29.3 Å². The normalized spacial score (nSPS) is 10.9. The Kier molecular flexibility index (Phi) is 15.8. The highest BCUT2D eigenvalue weighted by molar-refractivity contribution is 14.0. The van der Waals surface area contributed by atoms with E-state index in [4.69, 9.17) is 4.74 Å². The molecule has 6 nitrogen and oxygen atoms in total. The van der Waals surface area contributed by atoms with E-state index in [1.807, 2.05) is 43.0 Å². The minimum absolute atomic E-state index is 0. The first-order chi connectivity index (χ1) is 13.2. The molecule has 1 amide bonds. The van der Waals surface area contributed by atoms with Crippen molar-refractivity contribution < 1.29 is 9.53 Å². The number of unbranched alkanes of at least 4 members (excludes halogenated alkanes) is 1. The molecule has 0 unspecified atom stereocenters. The summed E-state index contributed by atoms with van der Waals surface area (Å²) in [5, 5.41) is 6.58. The van der Waals surface area contributed by atoms with Crippen LogP contribution >= 0.6 is 24.0 Å².